The van der Waals surface area contributed by atoms with Gasteiger partial charge >= 0.3 is 0 Å². The third-order valence-corrected chi connectivity index (χ3v) is 9.69. The summed E-state index contributed by atoms with van der Waals surface area (Å²) in [4.78, 5) is 0. The van der Waals surface area contributed by atoms with E-state index in [9.17, 15) is 5.26 Å². The molecular weight excluding hydrogens is 511 g/mol. The highest BCUT2D eigenvalue weighted by Gasteiger charge is 2.29. The van der Waals surface area contributed by atoms with Crippen molar-refractivity contribution in [3.8, 4) is 39.6 Å². The summed E-state index contributed by atoms with van der Waals surface area (Å²) in [6.45, 7) is 8.47. The van der Waals surface area contributed by atoms with Gasteiger partial charge in [0.05, 0.1) is 25.3 Å². The fraction of sp³-hybridized carbons (Fsp3) is 0.143. The molecule has 0 amide bonds. The number of hydrogen-bond donors (Lipinski definition) is 0. The van der Waals surface area contributed by atoms with Crippen LogP contribution in [0, 0.1) is 24.1 Å². The summed E-state index contributed by atoms with van der Waals surface area (Å²) in [5.74, 6) is -0.175. The van der Waals surface area contributed by atoms with Crippen molar-refractivity contribution in [2.24, 2.45) is 7.05 Å². The minimum atomic E-state index is -1.86. The Kier molecular flexibility index (Phi) is 6.16. The highest BCUT2D eigenvalue weighted by atomic mass is 28.3. The Hall–Kier alpha value is -4.53. The first-order valence-electron chi connectivity index (χ1n) is 13.4. The number of halogens is 1. The molecule has 0 aliphatic carbocycles. The molecule has 0 saturated carbocycles. The minimum Gasteiger partial charge on any atom is -0.454 e. The number of hydrogen-bond acceptors (Lipinski definition) is 2. The molecule has 0 spiro atoms. The minimum absolute atomic E-state index is 0.175. The third kappa shape index (κ3) is 4.22. The van der Waals surface area contributed by atoms with Crippen LogP contribution in [0.3, 0.4) is 0 Å². The lowest BCUT2D eigenvalue weighted by Crippen LogP contribution is -2.47. The van der Waals surface area contributed by atoms with Crippen LogP contribution in [0.25, 0.3) is 55.4 Å². The number of benzene rings is 4. The zero-order valence-electron chi connectivity index (χ0n) is 23.3. The van der Waals surface area contributed by atoms with Crippen molar-refractivity contribution >= 4 is 35.2 Å². The summed E-state index contributed by atoms with van der Waals surface area (Å²) in [5, 5.41) is 12.7. The molecule has 0 radical (unpaired) electrons. The molecule has 196 valence electrons. The maximum absolute atomic E-state index is 15.4. The van der Waals surface area contributed by atoms with E-state index in [1.807, 2.05) is 67.2 Å². The van der Waals surface area contributed by atoms with Crippen LogP contribution in [0.2, 0.25) is 19.6 Å². The third-order valence-electron chi connectivity index (χ3n) is 7.71. The second-order valence-corrected chi connectivity index (χ2v) is 16.5. The van der Waals surface area contributed by atoms with Crippen LogP contribution in [-0.4, -0.2) is 8.07 Å². The van der Waals surface area contributed by atoms with Crippen LogP contribution >= 0.6 is 0 Å². The van der Waals surface area contributed by atoms with E-state index in [1.165, 1.54) is 0 Å². The Balaban J connectivity index is 1.59. The van der Waals surface area contributed by atoms with Gasteiger partial charge in [-0.15, -0.1) is 0 Å². The molecule has 40 heavy (non-hydrogen) atoms. The quantitative estimate of drug-likeness (QED) is 0.166. The van der Waals surface area contributed by atoms with Crippen molar-refractivity contribution < 1.29 is 13.4 Å². The smallest absolute Gasteiger partial charge is 0.219 e. The summed E-state index contributed by atoms with van der Waals surface area (Å²) in [5.41, 5.74) is 8.45. The Morgan fingerprint density at radius 3 is 2.02 bits per heavy atom. The molecule has 0 saturated heterocycles. The van der Waals surface area contributed by atoms with E-state index in [1.54, 1.807) is 6.07 Å². The topological polar surface area (TPSA) is 40.8 Å². The van der Waals surface area contributed by atoms with Gasteiger partial charge in [-0.05, 0) is 41.3 Å². The van der Waals surface area contributed by atoms with Crippen molar-refractivity contribution in [2.45, 2.75) is 26.6 Å². The molecular formula is C35H30FN2OSi+. The van der Waals surface area contributed by atoms with E-state index < -0.39 is 8.07 Å². The van der Waals surface area contributed by atoms with Gasteiger partial charge in [-0.1, -0.05) is 86.4 Å². The van der Waals surface area contributed by atoms with Crippen molar-refractivity contribution in [2.75, 3.05) is 0 Å². The second kappa shape index (κ2) is 9.58. The van der Waals surface area contributed by atoms with E-state index in [2.05, 4.69) is 62.1 Å². The molecule has 0 atom stereocenters. The molecule has 0 aliphatic heterocycles. The van der Waals surface area contributed by atoms with Crippen LogP contribution in [0.15, 0.2) is 95.5 Å². The Labute approximate surface area is 234 Å². The maximum atomic E-state index is 15.4. The number of rotatable bonds is 4. The lowest BCUT2D eigenvalue weighted by atomic mass is 9.95. The first-order valence-corrected chi connectivity index (χ1v) is 16.9. The predicted molar refractivity (Wildman–Crippen MR) is 164 cm³/mol. The average Bonchev–Trinajstić information content (AvgIpc) is 3.32. The van der Waals surface area contributed by atoms with Gasteiger partial charge in [0, 0.05) is 27.6 Å². The van der Waals surface area contributed by atoms with E-state index in [0.717, 1.165) is 55.0 Å². The van der Waals surface area contributed by atoms with Crippen LogP contribution in [0.5, 0.6) is 0 Å². The molecule has 0 fully saturated rings. The number of furan rings is 1. The monoisotopic (exact) mass is 541 g/mol. The average molecular weight is 542 g/mol. The Bertz CT molecular complexity index is 1960. The fourth-order valence-electron chi connectivity index (χ4n) is 5.58. The normalized spacial score (nSPS) is 11.7. The zero-order valence-corrected chi connectivity index (χ0v) is 24.3. The van der Waals surface area contributed by atoms with Gasteiger partial charge in [0.1, 0.15) is 24.0 Å². The van der Waals surface area contributed by atoms with Crippen molar-refractivity contribution in [3.63, 3.8) is 0 Å². The lowest BCUT2D eigenvalue weighted by Gasteiger charge is -2.16. The highest BCUT2D eigenvalue weighted by Crippen LogP contribution is 2.42. The number of fused-ring (bicyclic) bond motifs is 3. The van der Waals surface area contributed by atoms with Crippen LogP contribution in [-0.2, 0) is 7.05 Å². The molecule has 2 heterocycles. The number of pyridine rings is 1. The molecule has 0 bridgehead atoms. The van der Waals surface area contributed by atoms with E-state index >= 15 is 4.39 Å². The molecule has 3 nitrogen and oxygen atoms in total. The van der Waals surface area contributed by atoms with Crippen LogP contribution < -0.4 is 9.75 Å². The van der Waals surface area contributed by atoms with Gasteiger partial charge in [-0.2, -0.15) is 5.26 Å². The van der Waals surface area contributed by atoms with E-state index in [4.69, 9.17) is 4.42 Å². The summed E-state index contributed by atoms with van der Waals surface area (Å²) in [6, 6.07) is 30.4. The maximum Gasteiger partial charge on any atom is 0.219 e. The molecule has 2 aromatic heterocycles. The molecule has 4 aromatic carbocycles. The van der Waals surface area contributed by atoms with Crippen molar-refractivity contribution in [1.82, 2.24) is 0 Å². The van der Waals surface area contributed by atoms with Gasteiger partial charge in [-0.25, -0.2) is 8.96 Å². The summed E-state index contributed by atoms with van der Waals surface area (Å²) >= 11 is 0. The van der Waals surface area contributed by atoms with Crippen molar-refractivity contribution in [3.05, 3.63) is 108 Å². The molecule has 6 rings (SSSR count). The summed E-state index contributed by atoms with van der Waals surface area (Å²) in [7, 11) is 0.107. The fourth-order valence-corrected chi connectivity index (χ4v) is 6.95. The molecule has 0 unspecified atom stereocenters. The zero-order chi connectivity index (χ0) is 28.2. The molecule has 5 heteroatoms. The molecule has 6 aromatic rings. The summed E-state index contributed by atoms with van der Waals surface area (Å²) in [6.07, 6.45) is 1.94. The van der Waals surface area contributed by atoms with Crippen LogP contribution in [0.1, 0.15) is 11.1 Å². The van der Waals surface area contributed by atoms with E-state index in [-0.39, 0.29) is 5.82 Å². The Morgan fingerprint density at radius 1 is 0.775 bits per heavy atom. The van der Waals surface area contributed by atoms with E-state index in [0.29, 0.717) is 16.7 Å². The molecule has 0 N–H and O–H groups in total. The number of aromatic nitrogens is 1. The largest absolute Gasteiger partial charge is 0.454 e. The summed E-state index contributed by atoms with van der Waals surface area (Å²) < 4.78 is 24.1. The highest BCUT2D eigenvalue weighted by molar-refractivity contribution is 6.88. The molecule has 0 aliphatic rings. The number of aryl methyl sites for hydroxylation is 2. The van der Waals surface area contributed by atoms with Gasteiger partial charge < -0.3 is 4.42 Å². The second-order valence-electron chi connectivity index (χ2n) is 11.4. The first kappa shape index (κ1) is 25.7. The SMILES string of the molecule is Cc1ccc2c(oc3c(-c4ccc(-c5ccccc5)cc4)c(C#N)ccc32)c1-c1cc(F)c([Si](C)(C)C)c[n+]1C. The van der Waals surface area contributed by atoms with Gasteiger partial charge in [0.15, 0.2) is 6.20 Å². The first-order chi connectivity index (χ1) is 19.2. The van der Waals surface area contributed by atoms with Crippen molar-refractivity contribution in [1.29, 1.82) is 5.26 Å². The standard InChI is InChI=1S/C35H30FN2OSi/c1-22-11-17-27-28-18-16-26(20-37)33(25-14-12-24(13-15-25)23-9-7-6-8-10-23)35(28)39-34(27)32(22)30-19-29(36)31(21-38(30)2)40(3,4)5/h6-19,21H,1-5H3/q+1. The van der Waals surface area contributed by atoms with Gasteiger partial charge in [0.2, 0.25) is 5.69 Å². The number of nitrogens with zero attached hydrogens (tertiary/aromatic N) is 2. The predicted octanol–water partition coefficient (Wildman–Crippen LogP) is 8.28. The van der Waals surface area contributed by atoms with Gasteiger partial charge in [-0.3, -0.25) is 0 Å². The van der Waals surface area contributed by atoms with Crippen LogP contribution in [0.4, 0.5) is 4.39 Å². The Morgan fingerprint density at radius 2 is 1.38 bits per heavy atom. The lowest BCUT2D eigenvalue weighted by molar-refractivity contribution is -0.659. The number of nitriles is 1. The van der Waals surface area contributed by atoms with Gasteiger partial charge in [0.25, 0.3) is 0 Å².